The Hall–Kier alpha value is -0.970. The van der Waals surface area contributed by atoms with Crippen molar-refractivity contribution in [2.45, 2.75) is 31.7 Å². The highest BCUT2D eigenvalue weighted by atomic mass is 16.3. The molecule has 1 aromatic rings. The van der Waals surface area contributed by atoms with Crippen LogP contribution in [-0.4, -0.2) is 31.9 Å². The molecule has 1 saturated carbocycles. The molecule has 1 aromatic heterocycles. The Labute approximate surface area is 76.8 Å². The Balaban J connectivity index is 1.92. The number of aromatic nitrogens is 4. The Morgan fingerprint density at radius 1 is 1.31 bits per heavy atom. The molecule has 1 fully saturated rings. The van der Waals surface area contributed by atoms with E-state index < -0.39 is 0 Å². The average molecular weight is 182 g/mol. The van der Waals surface area contributed by atoms with Crippen molar-refractivity contribution in [3.8, 4) is 0 Å². The molecule has 5 nitrogen and oxygen atoms in total. The van der Waals surface area contributed by atoms with Crippen LogP contribution in [0.4, 0.5) is 0 Å². The second-order valence-corrected chi connectivity index (χ2v) is 3.65. The zero-order valence-electron chi connectivity index (χ0n) is 7.50. The van der Waals surface area contributed by atoms with Gasteiger partial charge in [0.2, 0.25) is 0 Å². The molecule has 0 saturated heterocycles. The summed E-state index contributed by atoms with van der Waals surface area (Å²) in [5.41, 5.74) is 0. The van der Waals surface area contributed by atoms with Crippen molar-refractivity contribution in [3.05, 3.63) is 6.33 Å². The van der Waals surface area contributed by atoms with E-state index in [1.165, 1.54) is 0 Å². The molecule has 1 aliphatic rings. The predicted molar refractivity (Wildman–Crippen MR) is 45.9 cm³/mol. The van der Waals surface area contributed by atoms with E-state index in [1.807, 2.05) is 4.68 Å². The Morgan fingerprint density at radius 3 is 2.62 bits per heavy atom. The summed E-state index contributed by atoms with van der Waals surface area (Å²) in [7, 11) is 0. The topological polar surface area (TPSA) is 63.8 Å². The lowest BCUT2D eigenvalue weighted by Crippen LogP contribution is -2.20. The van der Waals surface area contributed by atoms with E-state index in [0.717, 1.165) is 25.7 Å². The molecule has 0 amide bonds. The largest absolute Gasteiger partial charge is 0.396 e. The quantitative estimate of drug-likeness (QED) is 0.719. The highest BCUT2D eigenvalue weighted by molar-refractivity contribution is 4.75. The van der Waals surface area contributed by atoms with Gasteiger partial charge < -0.3 is 5.11 Å². The van der Waals surface area contributed by atoms with Gasteiger partial charge in [-0.05, 0) is 42.0 Å². The second-order valence-electron chi connectivity index (χ2n) is 3.65. The molecule has 5 heteroatoms. The van der Waals surface area contributed by atoms with Gasteiger partial charge in [-0.1, -0.05) is 0 Å². The highest BCUT2D eigenvalue weighted by Gasteiger charge is 2.22. The molecule has 1 heterocycles. The number of aliphatic hydroxyl groups excluding tert-OH is 1. The standard InChI is InChI=1S/C8H14N4O/c13-5-7-1-3-8(4-2-7)12-6-9-10-11-12/h6-8,13H,1-5H2. The van der Waals surface area contributed by atoms with E-state index in [0.29, 0.717) is 18.6 Å². The third-order valence-corrected chi connectivity index (χ3v) is 2.81. The van der Waals surface area contributed by atoms with Crippen LogP contribution in [0.5, 0.6) is 0 Å². The predicted octanol–water partition coefficient (Wildman–Crippen LogP) is 0.397. The lowest BCUT2D eigenvalue weighted by Gasteiger charge is -2.26. The van der Waals surface area contributed by atoms with Crippen molar-refractivity contribution >= 4 is 0 Å². The van der Waals surface area contributed by atoms with Gasteiger partial charge in [0, 0.05) is 6.61 Å². The Morgan fingerprint density at radius 2 is 2.08 bits per heavy atom. The Bertz CT molecular complexity index is 241. The molecule has 72 valence electrons. The van der Waals surface area contributed by atoms with Crippen molar-refractivity contribution in [3.63, 3.8) is 0 Å². The SMILES string of the molecule is OCC1CCC(n2cnnn2)CC1. The summed E-state index contributed by atoms with van der Waals surface area (Å²) in [4.78, 5) is 0. The first kappa shape index (κ1) is 8.62. The smallest absolute Gasteiger partial charge is 0.138 e. The number of rotatable bonds is 2. The van der Waals surface area contributed by atoms with Crippen LogP contribution in [0.1, 0.15) is 31.7 Å². The number of hydrogen-bond acceptors (Lipinski definition) is 4. The first-order valence-electron chi connectivity index (χ1n) is 4.73. The molecule has 0 spiro atoms. The van der Waals surface area contributed by atoms with Crippen molar-refractivity contribution in [1.29, 1.82) is 0 Å². The van der Waals surface area contributed by atoms with Gasteiger partial charge >= 0.3 is 0 Å². The molecule has 0 atom stereocenters. The monoisotopic (exact) mass is 182 g/mol. The fraction of sp³-hybridized carbons (Fsp3) is 0.875. The fourth-order valence-electron chi connectivity index (χ4n) is 1.93. The van der Waals surface area contributed by atoms with Crippen LogP contribution in [0.2, 0.25) is 0 Å². The van der Waals surface area contributed by atoms with Crippen LogP contribution in [-0.2, 0) is 0 Å². The minimum atomic E-state index is 0.322. The maximum absolute atomic E-state index is 8.96. The van der Waals surface area contributed by atoms with Crippen LogP contribution in [0, 0.1) is 5.92 Å². The fourth-order valence-corrected chi connectivity index (χ4v) is 1.93. The minimum absolute atomic E-state index is 0.322. The van der Waals surface area contributed by atoms with Gasteiger partial charge in [0.25, 0.3) is 0 Å². The van der Waals surface area contributed by atoms with Gasteiger partial charge in [0.15, 0.2) is 0 Å². The zero-order valence-corrected chi connectivity index (χ0v) is 7.50. The van der Waals surface area contributed by atoms with Crippen molar-refractivity contribution in [1.82, 2.24) is 20.2 Å². The summed E-state index contributed by atoms with van der Waals surface area (Å²) >= 11 is 0. The third-order valence-electron chi connectivity index (χ3n) is 2.81. The van der Waals surface area contributed by atoms with E-state index in [9.17, 15) is 0 Å². The average Bonchev–Trinajstić information content (AvgIpc) is 2.71. The second kappa shape index (κ2) is 3.83. The number of hydrogen-bond donors (Lipinski definition) is 1. The van der Waals surface area contributed by atoms with Crippen LogP contribution in [0.25, 0.3) is 0 Å². The molecule has 0 unspecified atom stereocenters. The van der Waals surface area contributed by atoms with E-state index >= 15 is 0 Å². The molecule has 13 heavy (non-hydrogen) atoms. The van der Waals surface area contributed by atoms with Gasteiger partial charge in [0.05, 0.1) is 6.04 Å². The summed E-state index contributed by atoms with van der Waals surface area (Å²) in [6.07, 6.45) is 6.00. The maximum atomic E-state index is 8.96. The van der Waals surface area contributed by atoms with Gasteiger partial charge in [-0.3, -0.25) is 0 Å². The maximum Gasteiger partial charge on any atom is 0.138 e. The molecule has 0 bridgehead atoms. The van der Waals surface area contributed by atoms with Gasteiger partial charge in [-0.2, -0.15) is 0 Å². The number of tetrazole rings is 1. The lowest BCUT2D eigenvalue weighted by atomic mass is 9.87. The van der Waals surface area contributed by atoms with Crippen LogP contribution in [0.15, 0.2) is 6.33 Å². The normalized spacial score (nSPS) is 29.0. The van der Waals surface area contributed by atoms with E-state index in [4.69, 9.17) is 5.11 Å². The highest BCUT2D eigenvalue weighted by Crippen LogP contribution is 2.30. The summed E-state index contributed by atoms with van der Waals surface area (Å²) in [5.74, 6) is 0.493. The summed E-state index contributed by atoms with van der Waals surface area (Å²) in [6.45, 7) is 0.322. The third kappa shape index (κ3) is 1.85. The van der Waals surface area contributed by atoms with Crippen molar-refractivity contribution in [2.24, 2.45) is 5.92 Å². The van der Waals surface area contributed by atoms with Crippen LogP contribution in [0.3, 0.4) is 0 Å². The van der Waals surface area contributed by atoms with Crippen molar-refractivity contribution in [2.75, 3.05) is 6.61 Å². The molecule has 0 aromatic carbocycles. The summed E-state index contributed by atoms with van der Waals surface area (Å²) in [5, 5.41) is 20.1. The lowest BCUT2D eigenvalue weighted by molar-refractivity contribution is 0.164. The molecule has 0 radical (unpaired) electrons. The molecule has 0 aliphatic heterocycles. The minimum Gasteiger partial charge on any atom is -0.396 e. The number of nitrogens with zero attached hydrogens (tertiary/aromatic N) is 4. The van der Waals surface area contributed by atoms with E-state index in [2.05, 4.69) is 15.5 Å². The first-order chi connectivity index (χ1) is 6.40. The first-order valence-corrected chi connectivity index (χ1v) is 4.73. The van der Waals surface area contributed by atoms with Gasteiger partial charge in [-0.25, -0.2) is 4.68 Å². The molecular weight excluding hydrogens is 168 g/mol. The summed E-state index contributed by atoms with van der Waals surface area (Å²) in [6, 6.07) is 0.442. The van der Waals surface area contributed by atoms with Crippen molar-refractivity contribution < 1.29 is 5.11 Å². The molecule has 1 aliphatic carbocycles. The molecule has 1 N–H and O–H groups in total. The molecular formula is C8H14N4O. The van der Waals surface area contributed by atoms with E-state index in [-0.39, 0.29) is 0 Å². The number of aliphatic hydroxyl groups is 1. The zero-order chi connectivity index (χ0) is 9.10. The van der Waals surface area contributed by atoms with Crippen LogP contribution >= 0.6 is 0 Å². The summed E-state index contributed by atoms with van der Waals surface area (Å²) < 4.78 is 1.83. The molecule has 2 rings (SSSR count). The van der Waals surface area contributed by atoms with Gasteiger partial charge in [-0.15, -0.1) is 5.10 Å². The van der Waals surface area contributed by atoms with Crippen LogP contribution < -0.4 is 0 Å². The Kier molecular flexibility index (Phi) is 2.54. The van der Waals surface area contributed by atoms with E-state index in [1.54, 1.807) is 6.33 Å². The van der Waals surface area contributed by atoms with Gasteiger partial charge in [0.1, 0.15) is 6.33 Å².